The number of carbonyl (C=O) groups excluding carboxylic acids is 1. The van der Waals surface area contributed by atoms with Crippen molar-refractivity contribution in [3.63, 3.8) is 0 Å². The van der Waals surface area contributed by atoms with Crippen LogP contribution in [0.25, 0.3) is 0 Å². The molecule has 0 aliphatic heterocycles. The van der Waals surface area contributed by atoms with Gasteiger partial charge in [0.2, 0.25) is 5.91 Å². The highest BCUT2D eigenvalue weighted by Crippen LogP contribution is 2.02. The largest absolute Gasteiger partial charge is 0.343 e. The molecular formula is C9H14N4O2. The van der Waals surface area contributed by atoms with Crippen LogP contribution in [0, 0.1) is 0 Å². The molecule has 1 atom stereocenters. The summed E-state index contributed by atoms with van der Waals surface area (Å²) in [6.45, 7) is 5.41. The summed E-state index contributed by atoms with van der Waals surface area (Å²) < 4.78 is 0. The number of amides is 1. The van der Waals surface area contributed by atoms with E-state index in [4.69, 9.17) is 0 Å². The molecule has 15 heavy (non-hydrogen) atoms. The Hall–Kier alpha value is -1.85. The van der Waals surface area contributed by atoms with Crippen LogP contribution < -0.4 is 11.0 Å². The molecule has 0 saturated heterocycles. The zero-order valence-electron chi connectivity index (χ0n) is 8.92. The number of nitrogens with zero attached hydrogens (tertiary/aromatic N) is 1. The third-order valence-electron chi connectivity index (χ3n) is 1.71. The minimum Gasteiger partial charge on any atom is -0.343 e. The number of aromatic amines is 2. The molecule has 0 fully saturated rings. The molecule has 0 radical (unpaired) electrons. The van der Waals surface area contributed by atoms with E-state index in [2.05, 4.69) is 20.5 Å². The monoisotopic (exact) mass is 210 g/mol. The van der Waals surface area contributed by atoms with Crippen molar-refractivity contribution in [2.75, 3.05) is 0 Å². The molecule has 0 spiro atoms. The van der Waals surface area contributed by atoms with Crippen molar-refractivity contribution in [1.29, 1.82) is 0 Å². The standard InChI is InChI=1S/C9H14N4O2/c1-5(2)4-7(14)10-6(3)8-11-9(15)13-12-8/h4,6H,1-3H3,(H,10,14)(H2,11,12,13,15). The molecule has 6 nitrogen and oxygen atoms in total. The topological polar surface area (TPSA) is 90.6 Å². The van der Waals surface area contributed by atoms with Crippen LogP contribution in [0.5, 0.6) is 0 Å². The van der Waals surface area contributed by atoms with Crippen molar-refractivity contribution in [1.82, 2.24) is 20.5 Å². The zero-order chi connectivity index (χ0) is 11.4. The van der Waals surface area contributed by atoms with Crippen molar-refractivity contribution in [3.05, 3.63) is 28.0 Å². The quantitative estimate of drug-likeness (QED) is 0.624. The summed E-state index contributed by atoms with van der Waals surface area (Å²) in [4.78, 5) is 24.6. The van der Waals surface area contributed by atoms with Crippen molar-refractivity contribution >= 4 is 5.91 Å². The molecule has 0 aromatic carbocycles. The van der Waals surface area contributed by atoms with E-state index < -0.39 is 0 Å². The van der Waals surface area contributed by atoms with E-state index in [0.29, 0.717) is 5.82 Å². The highest BCUT2D eigenvalue weighted by Gasteiger charge is 2.10. The molecule has 0 aliphatic rings. The maximum absolute atomic E-state index is 11.3. The Balaban J connectivity index is 2.64. The average Bonchev–Trinajstić information content (AvgIpc) is 2.49. The third kappa shape index (κ3) is 3.41. The number of hydrogen-bond donors (Lipinski definition) is 3. The van der Waals surface area contributed by atoms with Gasteiger partial charge in [0.1, 0.15) is 0 Å². The predicted molar refractivity (Wildman–Crippen MR) is 55.2 cm³/mol. The molecule has 1 unspecified atom stereocenters. The van der Waals surface area contributed by atoms with Crippen LogP contribution in [-0.4, -0.2) is 21.1 Å². The molecule has 82 valence electrons. The predicted octanol–water partition coefficient (Wildman–Crippen LogP) is 0.241. The van der Waals surface area contributed by atoms with Gasteiger partial charge in [-0.05, 0) is 20.8 Å². The molecule has 1 heterocycles. The molecule has 0 saturated carbocycles. The number of allylic oxidation sites excluding steroid dienone is 1. The van der Waals surface area contributed by atoms with E-state index in [1.165, 1.54) is 6.08 Å². The van der Waals surface area contributed by atoms with Crippen LogP contribution in [0.2, 0.25) is 0 Å². The minimum absolute atomic E-state index is 0.202. The van der Waals surface area contributed by atoms with Gasteiger partial charge in [-0.2, -0.15) is 5.10 Å². The fourth-order valence-electron chi connectivity index (χ4n) is 1.07. The normalized spacial score (nSPS) is 11.9. The van der Waals surface area contributed by atoms with Gasteiger partial charge in [-0.3, -0.25) is 9.78 Å². The van der Waals surface area contributed by atoms with E-state index in [0.717, 1.165) is 5.57 Å². The second-order valence-electron chi connectivity index (χ2n) is 3.51. The zero-order valence-corrected chi connectivity index (χ0v) is 8.92. The Morgan fingerprint density at radius 2 is 2.20 bits per heavy atom. The second kappa shape index (κ2) is 4.59. The average molecular weight is 210 g/mol. The minimum atomic E-state index is -0.381. The van der Waals surface area contributed by atoms with Crippen LogP contribution in [0.15, 0.2) is 16.4 Å². The highest BCUT2D eigenvalue weighted by molar-refractivity contribution is 5.88. The summed E-state index contributed by atoms with van der Waals surface area (Å²) in [6, 6.07) is -0.327. The Labute approximate surface area is 86.8 Å². The summed E-state index contributed by atoms with van der Waals surface area (Å²) in [5, 5.41) is 8.63. The Kier molecular flexibility index (Phi) is 3.43. The van der Waals surface area contributed by atoms with Gasteiger partial charge in [0.15, 0.2) is 5.82 Å². The Bertz CT molecular complexity index is 425. The summed E-state index contributed by atoms with van der Waals surface area (Å²) in [5.41, 5.74) is 0.531. The molecule has 0 aliphatic carbocycles. The first-order chi connectivity index (χ1) is 6.99. The lowest BCUT2D eigenvalue weighted by molar-refractivity contribution is -0.117. The molecule has 0 bridgehead atoms. The lowest BCUT2D eigenvalue weighted by Gasteiger charge is -2.08. The van der Waals surface area contributed by atoms with Crippen molar-refractivity contribution < 1.29 is 4.79 Å². The van der Waals surface area contributed by atoms with E-state index in [9.17, 15) is 9.59 Å². The van der Waals surface area contributed by atoms with Crippen LogP contribution in [0.1, 0.15) is 32.6 Å². The van der Waals surface area contributed by atoms with Gasteiger partial charge in [-0.25, -0.2) is 9.89 Å². The first-order valence-corrected chi connectivity index (χ1v) is 4.59. The van der Waals surface area contributed by atoms with Gasteiger partial charge in [-0.15, -0.1) is 0 Å². The van der Waals surface area contributed by atoms with E-state index in [1.807, 2.05) is 13.8 Å². The first-order valence-electron chi connectivity index (χ1n) is 4.59. The lowest BCUT2D eigenvalue weighted by atomic mass is 10.3. The Morgan fingerprint density at radius 1 is 1.53 bits per heavy atom. The van der Waals surface area contributed by atoms with E-state index in [1.54, 1.807) is 6.92 Å². The van der Waals surface area contributed by atoms with Crippen LogP contribution in [-0.2, 0) is 4.79 Å². The number of hydrogen-bond acceptors (Lipinski definition) is 3. The maximum Gasteiger partial charge on any atom is 0.340 e. The van der Waals surface area contributed by atoms with Crippen molar-refractivity contribution in [2.45, 2.75) is 26.8 Å². The maximum atomic E-state index is 11.3. The molecule has 1 aromatic heterocycles. The summed E-state index contributed by atoms with van der Waals surface area (Å²) >= 11 is 0. The van der Waals surface area contributed by atoms with Gasteiger partial charge >= 0.3 is 5.69 Å². The summed E-state index contributed by atoms with van der Waals surface area (Å²) in [5.74, 6) is 0.210. The Morgan fingerprint density at radius 3 is 2.67 bits per heavy atom. The number of nitrogens with one attached hydrogen (secondary N) is 3. The van der Waals surface area contributed by atoms with Gasteiger partial charge < -0.3 is 5.32 Å². The molecular weight excluding hydrogens is 196 g/mol. The molecule has 6 heteroatoms. The van der Waals surface area contributed by atoms with Gasteiger partial charge in [-0.1, -0.05) is 5.57 Å². The van der Waals surface area contributed by atoms with Crippen LogP contribution in [0.3, 0.4) is 0 Å². The lowest BCUT2D eigenvalue weighted by Crippen LogP contribution is -2.26. The smallest absolute Gasteiger partial charge is 0.340 e. The molecule has 1 amide bonds. The van der Waals surface area contributed by atoms with Crippen molar-refractivity contribution in [3.8, 4) is 0 Å². The summed E-state index contributed by atoms with van der Waals surface area (Å²) in [7, 11) is 0. The number of carbonyl (C=O) groups is 1. The van der Waals surface area contributed by atoms with Gasteiger partial charge in [0.05, 0.1) is 6.04 Å². The van der Waals surface area contributed by atoms with Crippen LogP contribution >= 0.6 is 0 Å². The molecule has 1 rings (SSSR count). The number of aromatic nitrogens is 3. The fourth-order valence-corrected chi connectivity index (χ4v) is 1.07. The third-order valence-corrected chi connectivity index (χ3v) is 1.71. The number of rotatable bonds is 3. The SMILES string of the molecule is CC(C)=CC(=O)NC(C)c1n[nH]c(=O)[nH]1. The molecule has 3 N–H and O–H groups in total. The summed E-state index contributed by atoms with van der Waals surface area (Å²) in [6.07, 6.45) is 1.49. The second-order valence-corrected chi connectivity index (χ2v) is 3.51. The van der Waals surface area contributed by atoms with E-state index >= 15 is 0 Å². The van der Waals surface area contributed by atoms with Crippen LogP contribution in [0.4, 0.5) is 0 Å². The first kappa shape index (κ1) is 11.2. The van der Waals surface area contributed by atoms with E-state index in [-0.39, 0.29) is 17.6 Å². The van der Waals surface area contributed by atoms with Crippen molar-refractivity contribution in [2.24, 2.45) is 0 Å². The molecule has 1 aromatic rings. The highest BCUT2D eigenvalue weighted by atomic mass is 16.2. The van der Waals surface area contributed by atoms with Gasteiger partial charge in [0, 0.05) is 6.08 Å². The number of H-pyrrole nitrogens is 2. The van der Waals surface area contributed by atoms with Gasteiger partial charge in [0.25, 0.3) is 0 Å². The fraction of sp³-hybridized carbons (Fsp3) is 0.444.